The molecule has 0 saturated heterocycles. The molecule has 64 heavy (non-hydrogen) atoms. The van der Waals surface area contributed by atoms with Crippen LogP contribution in [-0.2, 0) is 13.1 Å². The van der Waals surface area contributed by atoms with Crippen LogP contribution in [0.2, 0.25) is 0 Å². The van der Waals surface area contributed by atoms with Crippen molar-refractivity contribution in [1.29, 1.82) is 10.5 Å². The molecule has 0 aliphatic heterocycles. The van der Waals surface area contributed by atoms with Gasteiger partial charge in [0.2, 0.25) is 0 Å². The molecule has 8 rings (SSSR count). The van der Waals surface area contributed by atoms with Gasteiger partial charge in [0.15, 0.2) is 0 Å². The number of phenols is 1. The number of phenolic OH excluding ortho intramolecular Hbond substituents is 1. The topological polar surface area (TPSA) is 138 Å². The summed E-state index contributed by atoms with van der Waals surface area (Å²) in [6.07, 6.45) is 11.2. The van der Waals surface area contributed by atoms with E-state index < -0.39 is 7.54 Å². The van der Waals surface area contributed by atoms with E-state index >= 15 is 0 Å². The highest BCUT2D eigenvalue weighted by Crippen LogP contribution is 2.37. The normalized spacial score (nSPS) is 10.1. The molecule has 8 aromatic rings. The quantitative estimate of drug-likeness (QED) is 0.140. The van der Waals surface area contributed by atoms with Gasteiger partial charge in [-0.2, -0.15) is 32.5 Å². The number of nitriles is 2. The van der Waals surface area contributed by atoms with Crippen molar-refractivity contribution in [2.24, 2.45) is 0 Å². The molecule has 0 aliphatic carbocycles. The molecule has 0 radical (unpaired) electrons. The van der Waals surface area contributed by atoms with E-state index in [2.05, 4.69) is 44.4 Å². The summed E-state index contributed by atoms with van der Waals surface area (Å²) in [5.41, 5.74) is 13.1. The van der Waals surface area contributed by atoms with Crippen LogP contribution in [0.1, 0.15) is 11.1 Å². The molecule has 0 fully saturated rings. The number of benzene rings is 4. The van der Waals surface area contributed by atoms with Crippen molar-refractivity contribution < 1.29 is 22.8 Å². The third kappa shape index (κ3) is 12.7. The molecular weight excluding hydrogens is 832 g/mol. The van der Waals surface area contributed by atoms with E-state index in [-0.39, 0.29) is 18.8 Å². The fraction of sp³-hybridized carbons (Fsp3) is 0.143. The number of hydrogen-bond acceptors (Lipinski definition) is 9. The molecule has 10 nitrogen and oxygen atoms in total. The molecule has 4 heterocycles. The Morgan fingerprint density at radius 1 is 0.609 bits per heavy atom. The van der Waals surface area contributed by atoms with E-state index in [0.717, 1.165) is 84.2 Å². The van der Waals surface area contributed by atoms with Gasteiger partial charge in [0.1, 0.15) is 24.6 Å². The molecule has 0 bridgehead atoms. The van der Waals surface area contributed by atoms with Gasteiger partial charge in [0.05, 0.1) is 54.4 Å². The van der Waals surface area contributed by atoms with Crippen LogP contribution in [0.15, 0.2) is 146 Å². The Balaban J connectivity index is 0.000000211. The summed E-state index contributed by atoms with van der Waals surface area (Å²) in [5.74, 6) is 0.959. The first-order valence-corrected chi connectivity index (χ1v) is 21.3. The zero-order valence-electron chi connectivity index (χ0n) is 35.8. The second kappa shape index (κ2) is 23.6. The van der Waals surface area contributed by atoms with Gasteiger partial charge in [-0.15, -0.1) is 0 Å². The Bertz CT molecular complexity index is 2820. The van der Waals surface area contributed by atoms with Crippen LogP contribution in [0.3, 0.4) is 0 Å². The minimum Gasteiger partial charge on any atom is -0.508 e. The van der Waals surface area contributed by atoms with E-state index in [1.54, 1.807) is 59.0 Å². The van der Waals surface area contributed by atoms with Gasteiger partial charge in [0.25, 0.3) is 0 Å². The molecule has 0 saturated carbocycles. The number of methoxy groups -OCH3 is 1. The number of halogens is 3. The van der Waals surface area contributed by atoms with Gasteiger partial charge in [0, 0.05) is 45.8 Å². The molecule has 322 valence electrons. The average Bonchev–Trinajstić information content (AvgIpc) is 3.92. The van der Waals surface area contributed by atoms with Crippen LogP contribution in [0.5, 0.6) is 11.5 Å². The summed E-state index contributed by atoms with van der Waals surface area (Å²) in [7, 11) is -2.01. The molecule has 0 aliphatic rings. The van der Waals surface area contributed by atoms with E-state index in [0.29, 0.717) is 0 Å². The minimum atomic E-state index is -3.67. The lowest BCUT2D eigenvalue weighted by atomic mass is 9.99. The molecule has 15 heteroatoms. The fourth-order valence-corrected chi connectivity index (χ4v) is 6.81. The highest BCUT2D eigenvalue weighted by atomic mass is 32.2. The Morgan fingerprint density at radius 2 is 1.03 bits per heavy atom. The number of nitrogens with zero attached hydrogens (tertiary/aromatic N) is 8. The largest absolute Gasteiger partial charge is 0.762 e. The maximum Gasteiger partial charge on any atom is 0.762 e. The zero-order chi connectivity index (χ0) is 46.0. The highest BCUT2D eigenvalue weighted by Gasteiger charge is 2.18. The zero-order valence-corrected chi connectivity index (χ0v) is 36.6. The molecule has 0 unspecified atom stereocenters. The Labute approximate surface area is 375 Å². The maximum absolute atomic E-state index is 10.1. The first-order chi connectivity index (χ1) is 31.0. The number of aromatic nitrogens is 6. The monoisotopic (exact) mass is 876 g/mol. The summed E-state index contributed by atoms with van der Waals surface area (Å²) in [5, 5.41) is 37.4. The second-order valence-corrected chi connectivity index (χ2v) is 14.8. The smallest absolute Gasteiger partial charge is 0.508 e. The Kier molecular flexibility index (Phi) is 17.5. The lowest BCUT2D eigenvalue weighted by Gasteiger charge is -2.11. The van der Waals surface area contributed by atoms with Crippen molar-refractivity contribution in [2.75, 3.05) is 19.6 Å². The van der Waals surface area contributed by atoms with E-state index in [4.69, 9.17) is 4.74 Å². The average molecular weight is 877 g/mol. The SMILES string of the molecule is COc1cc(C)cc(-c2c(-c3ccnc(-c4ccccc4)c3)cnn2CC#N)c1.CSC.Cc1cc(O)cc(-c2c(-c3ccnc(-c4ccccc4)c3)cnn2CC#N)c1.FB(F)F. The number of aromatic hydroxyl groups is 1. The number of hydrogen-bond donors (Lipinski definition) is 1. The van der Waals surface area contributed by atoms with Crippen molar-refractivity contribution >= 4 is 19.3 Å². The number of rotatable bonds is 9. The van der Waals surface area contributed by atoms with Crippen molar-refractivity contribution in [1.82, 2.24) is 29.5 Å². The highest BCUT2D eigenvalue weighted by molar-refractivity contribution is 7.97. The Hall–Kier alpha value is -7.62. The summed E-state index contributed by atoms with van der Waals surface area (Å²) < 4.78 is 37.8. The molecule has 0 atom stereocenters. The summed E-state index contributed by atoms with van der Waals surface area (Å²) in [6, 6.07) is 43.8. The van der Waals surface area contributed by atoms with Crippen LogP contribution in [0.4, 0.5) is 12.9 Å². The number of ether oxygens (including phenoxy) is 1. The molecular formula is C49H44BF3N8O2S. The van der Waals surface area contributed by atoms with Gasteiger partial charge in [-0.05, 0) is 109 Å². The predicted octanol–water partition coefficient (Wildman–Crippen LogP) is 11.8. The molecule has 1 N–H and O–H groups in total. The standard InChI is InChI=1S/C24H20N4O.C23H18N4O.C2H6S.BF3/c1-17-12-20(14-21(13-17)29-2)24-22(16-27-28(24)11-9-25)19-8-10-26-23(15-19)18-6-4-3-5-7-18;1-16-11-19(13-20(28)12-16)23-21(15-26-27(23)10-8-24)18-7-9-25-22(14-18)17-5-3-2-4-6-17;1-3-2;2-1(3)4/h3-8,10,12-16H,11H2,1-2H3;2-7,9,11-15,28H,10H2,1H3;1-2H3;. The van der Waals surface area contributed by atoms with Crippen molar-refractivity contribution in [3.8, 4) is 90.9 Å². The number of pyridine rings is 2. The Morgan fingerprint density at radius 3 is 1.44 bits per heavy atom. The van der Waals surface area contributed by atoms with Gasteiger partial charge in [-0.3, -0.25) is 32.3 Å². The van der Waals surface area contributed by atoms with Crippen LogP contribution in [0.25, 0.3) is 67.3 Å². The lowest BCUT2D eigenvalue weighted by Crippen LogP contribution is -2.01. The number of thioether (sulfide) groups is 1. The third-order valence-electron chi connectivity index (χ3n) is 9.30. The van der Waals surface area contributed by atoms with Crippen LogP contribution < -0.4 is 4.74 Å². The van der Waals surface area contributed by atoms with Crippen LogP contribution in [-0.4, -0.2) is 61.8 Å². The van der Waals surface area contributed by atoms with Crippen molar-refractivity contribution in [3.05, 3.63) is 157 Å². The first-order valence-electron chi connectivity index (χ1n) is 19.7. The lowest BCUT2D eigenvalue weighted by molar-refractivity contribution is 0.414. The molecule has 4 aromatic carbocycles. The van der Waals surface area contributed by atoms with E-state index in [1.807, 2.05) is 130 Å². The summed E-state index contributed by atoms with van der Waals surface area (Å²) in [6.45, 7) is 4.24. The van der Waals surface area contributed by atoms with Crippen molar-refractivity contribution in [2.45, 2.75) is 26.9 Å². The minimum absolute atomic E-state index is 0.126. The van der Waals surface area contributed by atoms with E-state index in [1.165, 1.54) is 0 Å². The summed E-state index contributed by atoms with van der Waals surface area (Å²) >= 11 is 1.75. The maximum atomic E-state index is 10.1. The van der Waals surface area contributed by atoms with Crippen LogP contribution >= 0.6 is 11.8 Å². The molecule has 0 spiro atoms. The summed E-state index contributed by atoms with van der Waals surface area (Å²) in [4.78, 5) is 9.01. The van der Waals surface area contributed by atoms with Gasteiger partial charge in [-0.25, -0.2) is 0 Å². The molecule has 0 amide bonds. The van der Waals surface area contributed by atoms with Crippen molar-refractivity contribution in [3.63, 3.8) is 0 Å². The fourth-order valence-electron chi connectivity index (χ4n) is 6.81. The third-order valence-corrected chi connectivity index (χ3v) is 9.30. The van der Waals surface area contributed by atoms with Crippen LogP contribution in [0, 0.1) is 36.5 Å². The molecule has 4 aromatic heterocycles. The number of aryl methyl sites for hydroxylation is 2. The van der Waals surface area contributed by atoms with Gasteiger partial charge in [-0.1, -0.05) is 60.7 Å². The van der Waals surface area contributed by atoms with E-state index in [9.17, 15) is 28.6 Å². The predicted molar refractivity (Wildman–Crippen MR) is 250 cm³/mol. The van der Waals surface area contributed by atoms with Gasteiger partial charge >= 0.3 is 7.54 Å². The first kappa shape index (κ1) is 47.4. The van der Waals surface area contributed by atoms with Gasteiger partial charge < -0.3 is 9.84 Å². The second-order valence-electron chi connectivity index (χ2n) is 14.0.